The molecule has 0 atom stereocenters. The van der Waals surface area contributed by atoms with Gasteiger partial charge in [-0.3, -0.25) is 14.9 Å². The normalized spacial score (nSPS) is 13.3. The van der Waals surface area contributed by atoms with Crippen LogP contribution in [0.15, 0.2) is 42.5 Å². The van der Waals surface area contributed by atoms with Crippen LogP contribution in [-0.4, -0.2) is 24.0 Å². The molecule has 0 unspecified atom stereocenters. The largest absolute Gasteiger partial charge is 0.484 e. The maximum absolute atomic E-state index is 12.5. The number of anilines is 1. The summed E-state index contributed by atoms with van der Waals surface area (Å²) in [7, 11) is 0. The van der Waals surface area contributed by atoms with Crippen LogP contribution in [0.5, 0.6) is 5.75 Å². The highest BCUT2D eigenvalue weighted by atomic mass is 16.6. The minimum Gasteiger partial charge on any atom is -0.484 e. The van der Waals surface area contributed by atoms with E-state index in [0.29, 0.717) is 12.3 Å². The Morgan fingerprint density at radius 3 is 2.71 bits per heavy atom. The van der Waals surface area contributed by atoms with Gasteiger partial charge in [0, 0.05) is 24.4 Å². The highest BCUT2D eigenvalue weighted by Gasteiger charge is 2.22. The van der Waals surface area contributed by atoms with Crippen molar-refractivity contribution in [2.75, 3.05) is 18.1 Å². The number of nitro benzene ring substituents is 1. The Labute approximate surface area is 139 Å². The quantitative estimate of drug-likeness (QED) is 0.638. The van der Waals surface area contributed by atoms with E-state index >= 15 is 0 Å². The average molecular weight is 326 g/mol. The summed E-state index contributed by atoms with van der Waals surface area (Å²) in [5, 5.41) is 10.6. The molecule has 0 bridgehead atoms. The molecule has 6 heteroatoms. The number of rotatable bonds is 4. The molecule has 24 heavy (non-hydrogen) atoms. The van der Waals surface area contributed by atoms with Crippen molar-refractivity contribution in [3.05, 3.63) is 63.7 Å². The van der Waals surface area contributed by atoms with E-state index in [-0.39, 0.29) is 18.2 Å². The molecule has 2 aromatic rings. The molecular formula is C18H18N2O4. The molecule has 1 aliphatic heterocycles. The van der Waals surface area contributed by atoms with E-state index in [1.165, 1.54) is 35.4 Å². The van der Waals surface area contributed by atoms with E-state index in [1.54, 1.807) is 4.90 Å². The first kappa shape index (κ1) is 16.0. The number of nitro groups is 1. The van der Waals surface area contributed by atoms with Crippen LogP contribution in [0.25, 0.3) is 0 Å². The van der Waals surface area contributed by atoms with Crippen molar-refractivity contribution in [1.82, 2.24) is 0 Å². The van der Waals surface area contributed by atoms with Crippen molar-refractivity contribution in [1.29, 1.82) is 0 Å². The van der Waals surface area contributed by atoms with Gasteiger partial charge in [-0.1, -0.05) is 17.7 Å². The third-order valence-electron chi connectivity index (χ3n) is 4.06. The highest BCUT2D eigenvalue weighted by Crippen LogP contribution is 2.28. The van der Waals surface area contributed by atoms with Gasteiger partial charge >= 0.3 is 0 Å². The second-order valence-electron chi connectivity index (χ2n) is 5.82. The number of hydrogen-bond donors (Lipinski definition) is 0. The Bertz CT molecular complexity index is 771. The van der Waals surface area contributed by atoms with Gasteiger partial charge in [-0.2, -0.15) is 0 Å². The van der Waals surface area contributed by atoms with Crippen molar-refractivity contribution >= 4 is 17.3 Å². The standard InChI is InChI=1S/C18H18N2O4/c1-13-4-9-17-14(11-13)3-2-10-19(17)18(21)12-24-16-7-5-15(6-8-16)20(22)23/h4-9,11H,2-3,10,12H2,1H3. The molecule has 0 saturated heterocycles. The molecule has 0 spiro atoms. The lowest BCUT2D eigenvalue weighted by Crippen LogP contribution is -2.38. The summed E-state index contributed by atoms with van der Waals surface area (Å²) in [6.45, 7) is 2.63. The van der Waals surface area contributed by atoms with E-state index in [1.807, 2.05) is 19.1 Å². The number of hydrogen-bond acceptors (Lipinski definition) is 4. The van der Waals surface area contributed by atoms with Gasteiger partial charge in [-0.05, 0) is 43.5 Å². The summed E-state index contributed by atoms with van der Waals surface area (Å²) >= 11 is 0. The molecular weight excluding hydrogens is 308 g/mol. The minimum atomic E-state index is -0.471. The zero-order valence-electron chi connectivity index (χ0n) is 13.4. The number of fused-ring (bicyclic) bond motifs is 1. The first-order chi connectivity index (χ1) is 11.5. The maximum atomic E-state index is 12.5. The van der Waals surface area contributed by atoms with Crippen LogP contribution in [0.3, 0.4) is 0 Å². The van der Waals surface area contributed by atoms with Gasteiger partial charge in [0.2, 0.25) is 0 Å². The number of benzene rings is 2. The molecule has 0 fully saturated rings. The van der Waals surface area contributed by atoms with Gasteiger partial charge in [0.15, 0.2) is 6.61 Å². The topological polar surface area (TPSA) is 72.7 Å². The Morgan fingerprint density at radius 1 is 1.25 bits per heavy atom. The third kappa shape index (κ3) is 3.37. The lowest BCUT2D eigenvalue weighted by Gasteiger charge is -2.29. The van der Waals surface area contributed by atoms with Crippen molar-refractivity contribution in [2.24, 2.45) is 0 Å². The van der Waals surface area contributed by atoms with Crippen molar-refractivity contribution < 1.29 is 14.5 Å². The molecule has 1 amide bonds. The predicted molar refractivity (Wildman–Crippen MR) is 90.4 cm³/mol. The van der Waals surface area contributed by atoms with E-state index < -0.39 is 4.92 Å². The summed E-state index contributed by atoms with van der Waals surface area (Å²) in [6, 6.07) is 11.8. The number of ether oxygens (including phenoxy) is 1. The summed E-state index contributed by atoms with van der Waals surface area (Å²) in [6.07, 6.45) is 1.91. The first-order valence-electron chi connectivity index (χ1n) is 7.82. The molecule has 0 aromatic heterocycles. The van der Waals surface area contributed by atoms with Gasteiger partial charge < -0.3 is 9.64 Å². The molecule has 0 saturated carbocycles. The number of aryl methyl sites for hydroxylation is 2. The number of nitrogens with zero attached hydrogens (tertiary/aromatic N) is 2. The molecule has 3 rings (SSSR count). The van der Waals surface area contributed by atoms with Crippen LogP contribution < -0.4 is 9.64 Å². The second-order valence-corrected chi connectivity index (χ2v) is 5.82. The average Bonchev–Trinajstić information content (AvgIpc) is 2.59. The Hall–Kier alpha value is -2.89. The van der Waals surface area contributed by atoms with E-state index in [9.17, 15) is 14.9 Å². The van der Waals surface area contributed by atoms with Gasteiger partial charge in [0.05, 0.1) is 4.92 Å². The van der Waals surface area contributed by atoms with Crippen molar-refractivity contribution in [3.63, 3.8) is 0 Å². The molecule has 0 aliphatic carbocycles. The fourth-order valence-corrected chi connectivity index (χ4v) is 2.87. The fourth-order valence-electron chi connectivity index (χ4n) is 2.87. The monoisotopic (exact) mass is 326 g/mol. The lowest BCUT2D eigenvalue weighted by molar-refractivity contribution is -0.384. The molecule has 2 aromatic carbocycles. The van der Waals surface area contributed by atoms with Gasteiger partial charge in [-0.25, -0.2) is 0 Å². The molecule has 6 nitrogen and oxygen atoms in total. The summed E-state index contributed by atoms with van der Waals surface area (Å²) in [5.41, 5.74) is 3.31. The van der Waals surface area contributed by atoms with Crippen molar-refractivity contribution in [3.8, 4) is 5.75 Å². The first-order valence-corrected chi connectivity index (χ1v) is 7.82. The van der Waals surface area contributed by atoms with Crippen molar-refractivity contribution in [2.45, 2.75) is 19.8 Å². The number of amides is 1. The number of carbonyl (C=O) groups excluding carboxylic acids is 1. The summed E-state index contributed by atoms with van der Waals surface area (Å²) in [4.78, 5) is 24.4. The van der Waals surface area contributed by atoms with E-state index in [4.69, 9.17) is 4.74 Å². The molecule has 0 radical (unpaired) electrons. The lowest BCUT2D eigenvalue weighted by atomic mass is 9.99. The molecule has 0 N–H and O–H groups in total. The second kappa shape index (κ2) is 6.70. The van der Waals surface area contributed by atoms with E-state index in [2.05, 4.69) is 6.07 Å². The van der Waals surface area contributed by atoms with Crippen LogP contribution >= 0.6 is 0 Å². The highest BCUT2D eigenvalue weighted by molar-refractivity contribution is 5.95. The van der Waals surface area contributed by atoms with Gasteiger partial charge in [-0.15, -0.1) is 0 Å². The zero-order chi connectivity index (χ0) is 17.1. The Balaban J connectivity index is 1.67. The summed E-state index contributed by atoms with van der Waals surface area (Å²) in [5.74, 6) is 0.327. The number of carbonyl (C=O) groups is 1. The van der Waals surface area contributed by atoms with Crippen LogP contribution in [0.2, 0.25) is 0 Å². The van der Waals surface area contributed by atoms with Gasteiger partial charge in [0.25, 0.3) is 11.6 Å². The van der Waals surface area contributed by atoms with E-state index in [0.717, 1.165) is 18.5 Å². The number of non-ortho nitro benzene ring substituents is 1. The fraction of sp³-hybridized carbons (Fsp3) is 0.278. The van der Waals surface area contributed by atoms with Gasteiger partial charge in [0.1, 0.15) is 5.75 Å². The Kier molecular flexibility index (Phi) is 4.46. The predicted octanol–water partition coefficient (Wildman–Crippen LogP) is 3.26. The zero-order valence-corrected chi connectivity index (χ0v) is 13.4. The van der Waals surface area contributed by atoms with Crippen LogP contribution in [0.1, 0.15) is 17.5 Å². The smallest absolute Gasteiger partial charge is 0.269 e. The van der Waals surface area contributed by atoms with Crippen LogP contribution in [-0.2, 0) is 11.2 Å². The SMILES string of the molecule is Cc1ccc2c(c1)CCCN2C(=O)COc1ccc([N+](=O)[O-])cc1. The summed E-state index contributed by atoms with van der Waals surface area (Å²) < 4.78 is 5.48. The minimum absolute atomic E-state index is 0.00555. The molecule has 1 heterocycles. The molecule has 1 aliphatic rings. The van der Waals surface area contributed by atoms with Crippen LogP contribution in [0.4, 0.5) is 11.4 Å². The molecule has 124 valence electrons. The Morgan fingerprint density at radius 2 is 2.00 bits per heavy atom. The van der Waals surface area contributed by atoms with Crippen LogP contribution in [0, 0.1) is 17.0 Å². The third-order valence-corrected chi connectivity index (χ3v) is 4.06. The maximum Gasteiger partial charge on any atom is 0.269 e.